The van der Waals surface area contributed by atoms with E-state index in [0.717, 1.165) is 25.2 Å². The minimum absolute atomic E-state index is 0.0259. The summed E-state index contributed by atoms with van der Waals surface area (Å²) in [6.07, 6.45) is 8.77. The Balaban J connectivity index is 1.39. The second-order valence-corrected chi connectivity index (χ2v) is 7.20. The lowest BCUT2D eigenvalue weighted by molar-refractivity contribution is -0.121. The van der Waals surface area contributed by atoms with Crippen molar-refractivity contribution in [1.82, 2.24) is 15.2 Å². The highest BCUT2D eigenvalue weighted by atomic mass is 16.2. The van der Waals surface area contributed by atoms with E-state index in [2.05, 4.69) is 10.3 Å². The minimum atomic E-state index is -0.424. The van der Waals surface area contributed by atoms with Crippen LogP contribution in [-0.4, -0.2) is 47.5 Å². The molecule has 6 nitrogen and oxygen atoms in total. The molecule has 1 aliphatic carbocycles. The number of rotatable bonds is 2. The van der Waals surface area contributed by atoms with Gasteiger partial charge in [-0.05, 0) is 49.7 Å². The standard InChI is InChI=1S/C18H24N4O2/c23-17-16(7-3-9-22(17)15-6-2-8-19-10-15)20-18(24)21-11-13-4-1-5-14(13)12-21/h2,6,8,10,13-14,16H,1,3-5,7,9,11-12H2,(H,20,24)/t13-,14-,16-/m1/s1. The van der Waals surface area contributed by atoms with Crippen LogP contribution < -0.4 is 10.2 Å². The average molecular weight is 328 g/mol. The molecule has 1 N–H and O–H groups in total. The molecule has 1 aromatic heterocycles. The molecule has 0 spiro atoms. The van der Waals surface area contributed by atoms with E-state index in [4.69, 9.17) is 0 Å². The first-order valence-corrected chi connectivity index (χ1v) is 8.99. The number of pyridine rings is 1. The maximum atomic E-state index is 12.7. The third-order valence-electron chi connectivity index (χ3n) is 5.71. The first-order chi connectivity index (χ1) is 11.7. The van der Waals surface area contributed by atoms with Crippen molar-refractivity contribution in [3.05, 3.63) is 24.5 Å². The van der Waals surface area contributed by atoms with Gasteiger partial charge in [0.25, 0.3) is 0 Å². The highest BCUT2D eigenvalue weighted by molar-refractivity contribution is 5.99. The summed E-state index contributed by atoms with van der Waals surface area (Å²) in [5, 5.41) is 2.97. The predicted octanol–water partition coefficient (Wildman–Crippen LogP) is 2.02. The Morgan fingerprint density at radius 3 is 2.67 bits per heavy atom. The lowest BCUT2D eigenvalue weighted by Gasteiger charge is -2.33. The van der Waals surface area contributed by atoms with Gasteiger partial charge in [-0.15, -0.1) is 0 Å². The molecule has 128 valence electrons. The third-order valence-corrected chi connectivity index (χ3v) is 5.71. The second kappa shape index (κ2) is 6.42. The number of carbonyl (C=O) groups is 2. The van der Waals surface area contributed by atoms with Crippen molar-refractivity contribution in [2.75, 3.05) is 24.5 Å². The van der Waals surface area contributed by atoms with Crippen LogP contribution in [0.15, 0.2) is 24.5 Å². The van der Waals surface area contributed by atoms with Gasteiger partial charge >= 0.3 is 6.03 Å². The number of likely N-dealkylation sites (tertiary alicyclic amines) is 1. The molecular formula is C18H24N4O2. The van der Waals surface area contributed by atoms with Crippen LogP contribution in [0.25, 0.3) is 0 Å². The number of nitrogens with one attached hydrogen (secondary N) is 1. The normalized spacial score (nSPS) is 29.7. The van der Waals surface area contributed by atoms with Crippen LogP contribution >= 0.6 is 0 Å². The Labute approximate surface area is 142 Å². The Hall–Kier alpha value is -2.11. The van der Waals surface area contributed by atoms with E-state index in [1.807, 2.05) is 17.0 Å². The average Bonchev–Trinajstić information content (AvgIpc) is 3.19. The summed E-state index contributed by atoms with van der Waals surface area (Å²) in [5.41, 5.74) is 0.803. The minimum Gasteiger partial charge on any atom is -0.326 e. The Bertz CT molecular complexity index is 609. The number of hydrogen-bond acceptors (Lipinski definition) is 3. The molecule has 2 aliphatic heterocycles. The van der Waals surface area contributed by atoms with E-state index >= 15 is 0 Å². The molecule has 2 saturated heterocycles. The number of carbonyl (C=O) groups excluding carboxylic acids is 2. The number of nitrogens with zero attached hydrogens (tertiary/aromatic N) is 3. The fourth-order valence-electron chi connectivity index (χ4n) is 4.42. The van der Waals surface area contributed by atoms with Crippen LogP contribution in [0.4, 0.5) is 10.5 Å². The molecule has 0 unspecified atom stereocenters. The number of piperidine rings is 1. The lowest BCUT2D eigenvalue weighted by atomic mass is 10.0. The summed E-state index contributed by atoms with van der Waals surface area (Å²) in [7, 11) is 0. The molecular weight excluding hydrogens is 304 g/mol. The summed E-state index contributed by atoms with van der Waals surface area (Å²) in [5.74, 6) is 1.32. The van der Waals surface area contributed by atoms with Crippen molar-refractivity contribution in [1.29, 1.82) is 0 Å². The molecule has 1 aromatic rings. The molecule has 3 aliphatic rings. The maximum Gasteiger partial charge on any atom is 0.318 e. The van der Waals surface area contributed by atoms with Crippen LogP contribution in [-0.2, 0) is 4.79 Å². The molecule has 3 fully saturated rings. The number of amides is 3. The van der Waals surface area contributed by atoms with Crippen molar-refractivity contribution in [2.24, 2.45) is 11.8 Å². The van der Waals surface area contributed by atoms with Crippen LogP contribution in [0.2, 0.25) is 0 Å². The monoisotopic (exact) mass is 328 g/mol. The summed E-state index contributed by atoms with van der Waals surface area (Å²) >= 11 is 0. The molecule has 6 heteroatoms. The Morgan fingerprint density at radius 2 is 1.96 bits per heavy atom. The number of aromatic nitrogens is 1. The van der Waals surface area contributed by atoms with Crippen LogP contribution in [0.1, 0.15) is 32.1 Å². The fraction of sp³-hybridized carbons (Fsp3) is 0.611. The fourth-order valence-corrected chi connectivity index (χ4v) is 4.42. The van der Waals surface area contributed by atoms with Crippen molar-refractivity contribution < 1.29 is 9.59 Å². The smallest absolute Gasteiger partial charge is 0.318 e. The first-order valence-electron chi connectivity index (χ1n) is 8.99. The summed E-state index contributed by atoms with van der Waals surface area (Å²) in [4.78, 5) is 33.0. The number of anilines is 1. The van der Waals surface area contributed by atoms with E-state index in [1.165, 1.54) is 19.3 Å². The highest BCUT2D eigenvalue weighted by Gasteiger charge is 2.39. The van der Waals surface area contributed by atoms with Gasteiger partial charge < -0.3 is 15.1 Å². The number of fused-ring (bicyclic) bond motifs is 1. The van der Waals surface area contributed by atoms with E-state index in [0.29, 0.717) is 24.8 Å². The first kappa shape index (κ1) is 15.4. The Kier molecular flexibility index (Phi) is 4.12. The molecule has 3 amide bonds. The van der Waals surface area contributed by atoms with Gasteiger partial charge in [-0.25, -0.2) is 4.79 Å². The second-order valence-electron chi connectivity index (χ2n) is 7.20. The van der Waals surface area contributed by atoms with Crippen molar-refractivity contribution in [3.63, 3.8) is 0 Å². The van der Waals surface area contributed by atoms with E-state index in [-0.39, 0.29) is 11.9 Å². The zero-order valence-corrected chi connectivity index (χ0v) is 13.9. The van der Waals surface area contributed by atoms with Gasteiger partial charge in [-0.2, -0.15) is 0 Å². The molecule has 3 atom stereocenters. The van der Waals surface area contributed by atoms with Gasteiger partial charge in [0.15, 0.2) is 0 Å². The highest BCUT2D eigenvalue weighted by Crippen LogP contribution is 2.37. The van der Waals surface area contributed by atoms with Gasteiger partial charge in [-0.1, -0.05) is 6.42 Å². The quantitative estimate of drug-likeness (QED) is 0.903. The van der Waals surface area contributed by atoms with Gasteiger partial charge in [0.2, 0.25) is 5.91 Å². The van der Waals surface area contributed by atoms with Gasteiger partial charge in [-0.3, -0.25) is 9.78 Å². The number of hydrogen-bond donors (Lipinski definition) is 1. The van der Waals surface area contributed by atoms with Gasteiger partial charge in [0.1, 0.15) is 6.04 Å². The van der Waals surface area contributed by atoms with Crippen molar-refractivity contribution in [2.45, 2.75) is 38.1 Å². The number of urea groups is 1. The maximum absolute atomic E-state index is 12.7. The van der Waals surface area contributed by atoms with Gasteiger partial charge in [0, 0.05) is 25.8 Å². The van der Waals surface area contributed by atoms with Crippen LogP contribution in [0, 0.1) is 11.8 Å². The zero-order chi connectivity index (χ0) is 16.5. The van der Waals surface area contributed by atoms with Crippen LogP contribution in [0.3, 0.4) is 0 Å². The predicted molar refractivity (Wildman–Crippen MR) is 90.5 cm³/mol. The molecule has 3 heterocycles. The van der Waals surface area contributed by atoms with Gasteiger partial charge in [0.05, 0.1) is 11.9 Å². The molecule has 1 saturated carbocycles. The Morgan fingerprint density at radius 1 is 1.17 bits per heavy atom. The van der Waals surface area contributed by atoms with E-state index < -0.39 is 6.04 Å². The molecule has 24 heavy (non-hydrogen) atoms. The van der Waals surface area contributed by atoms with E-state index in [1.54, 1.807) is 17.3 Å². The molecule has 0 radical (unpaired) electrons. The zero-order valence-electron chi connectivity index (χ0n) is 13.9. The van der Waals surface area contributed by atoms with E-state index in [9.17, 15) is 9.59 Å². The summed E-state index contributed by atoms with van der Waals surface area (Å²) < 4.78 is 0. The van der Waals surface area contributed by atoms with Crippen molar-refractivity contribution >= 4 is 17.6 Å². The summed E-state index contributed by atoms with van der Waals surface area (Å²) in [6.45, 7) is 2.39. The van der Waals surface area contributed by atoms with Crippen LogP contribution in [0.5, 0.6) is 0 Å². The largest absolute Gasteiger partial charge is 0.326 e. The molecule has 0 aromatic carbocycles. The van der Waals surface area contributed by atoms with Crippen molar-refractivity contribution in [3.8, 4) is 0 Å². The summed E-state index contributed by atoms with van der Waals surface area (Å²) in [6, 6.07) is 3.22. The third kappa shape index (κ3) is 2.85. The topological polar surface area (TPSA) is 65.5 Å². The SMILES string of the molecule is O=C(N[C@@H]1CCCN(c2cccnc2)C1=O)N1C[C@H]2CCC[C@@H]2C1. The molecule has 4 rings (SSSR count). The lowest BCUT2D eigenvalue weighted by Crippen LogP contribution is -2.55. The molecule has 0 bridgehead atoms.